The van der Waals surface area contributed by atoms with Gasteiger partial charge in [-0.2, -0.15) is 0 Å². The molecule has 0 aliphatic carbocycles. The molecule has 3 unspecified atom stereocenters. The van der Waals surface area contributed by atoms with Crippen LogP contribution >= 0.6 is 15.6 Å². The van der Waals surface area contributed by atoms with Crippen molar-refractivity contribution in [2.75, 3.05) is 39.6 Å². The van der Waals surface area contributed by atoms with Crippen LogP contribution in [0.3, 0.4) is 0 Å². The van der Waals surface area contributed by atoms with E-state index < -0.39 is 97.5 Å². The van der Waals surface area contributed by atoms with E-state index in [1.54, 1.807) is 0 Å². The van der Waals surface area contributed by atoms with Crippen LogP contribution in [0.5, 0.6) is 0 Å². The summed E-state index contributed by atoms with van der Waals surface area (Å²) in [4.78, 5) is 72.7. The van der Waals surface area contributed by atoms with Crippen molar-refractivity contribution in [1.29, 1.82) is 0 Å². The molecule has 0 fully saturated rings. The maximum absolute atomic E-state index is 13.0. The van der Waals surface area contributed by atoms with Gasteiger partial charge in [-0.25, -0.2) is 9.13 Å². The van der Waals surface area contributed by atoms with Crippen molar-refractivity contribution in [2.45, 2.75) is 388 Å². The third-order valence-corrected chi connectivity index (χ3v) is 19.0. The van der Waals surface area contributed by atoms with Crippen molar-refractivity contribution < 1.29 is 80.2 Å². The number of esters is 4. The van der Waals surface area contributed by atoms with Crippen LogP contribution in [0.2, 0.25) is 0 Å². The molecular formula is C74H144O17P2. The van der Waals surface area contributed by atoms with Crippen LogP contribution in [0.1, 0.15) is 370 Å². The molecule has 3 N–H and O–H groups in total. The maximum Gasteiger partial charge on any atom is 0.472 e. The number of carbonyl (C=O) groups is 4. The molecule has 0 spiro atoms. The highest BCUT2D eigenvalue weighted by Gasteiger charge is 2.30. The van der Waals surface area contributed by atoms with Gasteiger partial charge in [-0.1, -0.05) is 319 Å². The van der Waals surface area contributed by atoms with Gasteiger partial charge >= 0.3 is 39.5 Å². The van der Waals surface area contributed by atoms with Crippen molar-refractivity contribution in [1.82, 2.24) is 0 Å². The van der Waals surface area contributed by atoms with Crippen LogP contribution < -0.4 is 0 Å². The van der Waals surface area contributed by atoms with Gasteiger partial charge in [0.25, 0.3) is 0 Å². The van der Waals surface area contributed by atoms with Gasteiger partial charge in [0.1, 0.15) is 19.3 Å². The minimum Gasteiger partial charge on any atom is -0.462 e. The van der Waals surface area contributed by atoms with Crippen molar-refractivity contribution in [3.63, 3.8) is 0 Å². The molecule has 0 aromatic rings. The number of hydrogen-bond acceptors (Lipinski definition) is 15. The summed E-state index contributed by atoms with van der Waals surface area (Å²) in [6, 6.07) is 0. The lowest BCUT2D eigenvalue weighted by Crippen LogP contribution is -2.30. The van der Waals surface area contributed by atoms with E-state index in [9.17, 15) is 43.2 Å². The van der Waals surface area contributed by atoms with Gasteiger partial charge in [-0.15, -0.1) is 0 Å². The average molecular weight is 1370 g/mol. The normalized spacial score (nSPS) is 14.2. The minimum absolute atomic E-state index is 0.105. The lowest BCUT2D eigenvalue weighted by molar-refractivity contribution is -0.161. The van der Waals surface area contributed by atoms with Gasteiger partial charge in [0.2, 0.25) is 0 Å². The van der Waals surface area contributed by atoms with Crippen molar-refractivity contribution in [3.05, 3.63) is 0 Å². The van der Waals surface area contributed by atoms with Crippen molar-refractivity contribution >= 4 is 39.5 Å². The maximum atomic E-state index is 13.0. The number of rotatable bonds is 71. The number of ether oxygens (including phenoxy) is 4. The summed E-state index contributed by atoms with van der Waals surface area (Å²) in [5, 5.41) is 10.6. The van der Waals surface area contributed by atoms with Crippen LogP contribution in [-0.4, -0.2) is 96.7 Å². The molecule has 0 bridgehead atoms. The van der Waals surface area contributed by atoms with E-state index in [2.05, 4.69) is 55.4 Å². The quantitative estimate of drug-likeness (QED) is 0.0222. The molecule has 0 amide bonds. The Balaban J connectivity index is 5.23. The van der Waals surface area contributed by atoms with Crippen LogP contribution in [0.4, 0.5) is 0 Å². The SMILES string of the molecule is CC(C)CCCCCCCCCCCCCCCCCC(=O)O[C@H](COC(=O)CCCCCCCCCC(C)C)COP(=O)(O)OCC(O)COP(=O)(O)OC[C@@H](COC(=O)CCCCCCCCCCCCC(C)C)OC(=O)CCCCCCCCCCCC(C)C. The minimum atomic E-state index is -4.96. The second-order valence-electron chi connectivity index (χ2n) is 28.6. The van der Waals surface area contributed by atoms with E-state index in [-0.39, 0.29) is 25.7 Å². The van der Waals surface area contributed by atoms with Crippen LogP contribution in [-0.2, 0) is 65.4 Å². The molecular weight excluding hydrogens is 1220 g/mol. The molecule has 0 aromatic carbocycles. The lowest BCUT2D eigenvalue weighted by atomic mass is 10.0. The Hall–Kier alpha value is -1.94. The standard InChI is InChI=1S/C74H144O17P2/c1-64(2)50-42-34-26-19-14-12-10-9-11-13-15-23-31-40-48-56-73(78)90-70(61-85-72(77)55-47-39-33-25-29-37-45-53-67(7)8)63-89-93(82,83)87-59-68(75)58-86-92(80,81)88-62-69(91-74(79)57-49-41-32-24-18-21-28-36-44-52-66(5)6)60-84-71(76)54-46-38-30-22-17-16-20-27-35-43-51-65(3)4/h64-70,75H,9-63H2,1-8H3,(H,80,81)(H,82,83)/t68?,69-,70-/m1/s1. The first kappa shape index (κ1) is 91.1. The molecule has 0 heterocycles. The number of carbonyl (C=O) groups excluding carboxylic acids is 4. The van der Waals surface area contributed by atoms with E-state index in [1.807, 2.05) is 0 Å². The Bertz CT molecular complexity index is 1830. The smallest absolute Gasteiger partial charge is 0.462 e. The molecule has 0 aliphatic rings. The Morgan fingerprint density at radius 2 is 0.452 bits per heavy atom. The summed E-state index contributed by atoms with van der Waals surface area (Å²) in [6.07, 6.45) is 47.3. The zero-order chi connectivity index (χ0) is 68.9. The van der Waals surface area contributed by atoms with Crippen LogP contribution in [0.25, 0.3) is 0 Å². The van der Waals surface area contributed by atoms with Gasteiger partial charge < -0.3 is 33.8 Å². The Morgan fingerprint density at radius 3 is 0.667 bits per heavy atom. The van der Waals surface area contributed by atoms with E-state index in [1.165, 1.54) is 167 Å². The first-order valence-corrected chi connectivity index (χ1v) is 41.2. The highest BCUT2D eigenvalue weighted by molar-refractivity contribution is 7.47. The Labute approximate surface area is 568 Å². The fraction of sp³-hybridized carbons (Fsp3) is 0.946. The molecule has 552 valence electrons. The molecule has 0 radical (unpaired) electrons. The third kappa shape index (κ3) is 68.4. The van der Waals surface area contributed by atoms with Gasteiger partial charge in [-0.05, 0) is 49.4 Å². The van der Waals surface area contributed by atoms with E-state index in [4.69, 9.17) is 37.0 Å². The molecule has 0 saturated heterocycles. The highest BCUT2D eigenvalue weighted by Crippen LogP contribution is 2.45. The zero-order valence-electron chi connectivity index (χ0n) is 60.9. The molecule has 0 rings (SSSR count). The number of unbranched alkanes of at least 4 members (excludes halogenated alkanes) is 37. The second kappa shape index (κ2) is 63.5. The fourth-order valence-electron chi connectivity index (χ4n) is 11.2. The summed E-state index contributed by atoms with van der Waals surface area (Å²) in [7, 11) is -9.91. The number of hydrogen-bond donors (Lipinski definition) is 3. The third-order valence-electron chi connectivity index (χ3n) is 17.1. The number of aliphatic hydroxyl groups excluding tert-OH is 1. The predicted molar refractivity (Wildman–Crippen MR) is 377 cm³/mol. The van der Waals surface area contributed by atoms with Gasteiger partial charge in [0, 0.05) is 25.7 Å². The van der Waals surface area contributed by atoms with Gasteiger partial charge in [0.15, 0.2) is 12.2 Å². The van der Waals surface area contributed by atoms with Crippen molar-refractivity contribution in [2.24, 2.45) is 23.7 Å². The highest BCUT2D eigenvalue weighted by atomic mass is 31.2. The predicted octanol–water partition coefficient (Wildman–Crippen LogP) is 21.3. The molecule has 0 saturated carbocycles. The van der Waals surface area contributed by atoms with E-state index in [0.29, 0.717) is 31.6 Å². The topological polar surface area (TPSA) is 237 Å². The van der Waals surface area contributed by atoms with E-state index >= 15 is 0 Å². The van der Waals surface area contributed by atoms with Gasteiger partial charge in [-0.3, -0.25) is 37.3 Å². The summed E-state index contributed by atoms with van der Waals surface area (Å²) in [6.45, 7) is 14.1. The first-order chi connectivity index (χ1) is 44.6. The second-order valence-corrected chi connectivity index (χ2v) is 31.5. The number of aliphatic hydroxyl groups is 1. The monoisotopic (exact) mass is 1370 g/mol. The summed E-state index contributed by atoms with van der Waals surface area (Å²) in [5.41, 5.74) is 0. The molecule has 5 atom stereocenters. The molecule has 17 nitrogen and oxygen atoms in total. The van der Waals surface area contributed by atoms with Crippen molar-refractivity contribution in [3.8, 4) is 0 Å². The Kier molecular flexibility index (Phi) is 62.2. The fourth-order valence-corrected chi connectivity index (χ4v) is 12.8. The zero-order valence-corrected chi connectivity index (χ0v) is 62.7. The summed E-state index contributed by atoms with van der Waals surface area (Å²) < 4.78 is 68.4. The summed E-state index contributed by atoms with van der Waals surface area (Å²) in [5.74, 6) is 0.878. The average Bonchev–Trinajstić information content (AvgIpc) is 2.44. The van der Waals surface area contributed by atoms with Gasteiger partial charge in [0.05, 0.1) is 26.4 Å². The molecule has 0 aliphatic heterocycles. The largest absolute Gasteiger partial charge is 0.472 e. The molecule has 93 heavy (non-hydrogen) atoms. The number of phosphoric ester groups is 2. The number of phosphoric acid groups is 2. The molecule has 0 aromatic heterocycles. The Morgan fingerprint density at radius 1 is 0.269 bits per heavy atom. The lowest BCUT2D eigenvalue weighted by Gasteiger charge is -2.21. The van der Waals surface area contributed by atoms with Crippen LogP contribution in [0, 0.1) is 23.7 Å². The van der Waals surface area contributed by atoms with Crippen LogP contribution in [0.15, 0.2) is 0 Å². The van der Waals surface area contributed by atoms with E-state index in [0.717, 1.165) is 114 Å². The first-order valence-electron chi connectivity index (χ1n) is 38.2. The summed E-state index contributed by atoms with van der Waals surface area (Å²) >= 11 is 0. The molecule has 19 heteroatoms.